The zero-order chi connectivity index (χ0) is 39.3. The van der Waals surface area contributed by atoms with Crippen LogP contribution in [0.1, 0.15) is 66.1 Å². The Balaban J connectivity index is 1.61. The number of imidazole rings is 1. The number of aromatic nitrogens is 4. The molecule has 3 heterocycles. The largest absolute Gasteiger partial charge is 0.462 e. The fraction of sp³-hybridized carbons (Fsp3) is 0.618. The summed E-state index contributed by atoms with van der Waals surface area (Å²) in [4.78, 5) is 38.4. The Morgan fingerprint density at radius 3 is 2.08 bits per heavy atom. The number of fused-ring (bicyclic) bond motifs is 1. The summed E-state index contributed by atoms with van der Waals surface area (Å²) in [5.41, 5.74) is 0.135. The van der Waals surface area contributed by atoms with Gasteiger partial charge in [0.05, 0.1) is 43.3 Å². The second-order valence-electron chi connectivity index (χ2n) is 14.1. The highest BCUT2D eigenvalue weighted by Crippen LogP contribution is 2.51. The van der Waals surface area contributed by atoms with Crippen molar-refractivity contribution in [1.29, 1.82) is 0 Å². The highest BCUT2D eigenvalue weighted by molar-refractivity contribution is 7.56. The van der Waals surface area contributed by atoms with Crippen molar-refractivity contribution >= 4 is 44.0 Å². The number of hydrogen-bond donors (Lipinski definition) is 3. The van der Waals surface area contributed by atoms with E-state index in [1.807, 2.05) is 30.3 Å². The maximum Gasteiger partial charge on any atom is 0.323 e. The minimum Gasteiger partial charge on any atom is -0.462 e. The van der Waals surface area contributed by atoms with E-state index < -0.39 is 76.2 Å². The van der Waals surface area contributed by atoms with Gasteiger partial charge >= 0.3 is 11.9 Å². The van der Waals surface area contributed by atoms with Gasteiger partial charge in [-0.1, -0.05) is 37.3 Å². The van der Waals surface area contributed by atoms with E-state index in [0.29, 0.717) is 29.4 Å². The molecular weight excluding hydrogens is 731 g/mol. The van der Waals surface area contributed by atoms with Crippen LogP contribution in [0.25, 0.3) is 11.2 Å². The monoisotopic (exact) mass is 783 g/mol. The molecule has 0 spiro atoms. The molecule has 53 heavy (non-hydrogen) atoms. The molecule has 0 radical (unpaired) electrons. The molecule has 3 aromatic rings. The van der Waals surface area contributed by atoms with Crippen LogP contribution in [-0.4, -0.2) is 94.6 Å². The van der Waals surface area contributed by atoms with Gasteiger partial charge in [-0.2, -0.15) is 0 Å². The average Bonchev–Trinajstić information content (AvgIpc) is 3.59. The standard InChI is InChI=1S/C34H52FN7O9P2/c1-20(2)49-32(43)22(5)40-52(9,45)47-17-26-34(8,18-48-53(10,46)41-23(6)33(44)50-21(3)4)28(35)31(51-26)42-19-37-27-29(38-24(7)39-30(27)42)36-16-25-14-12-11-13-15-25/h11-15,19-23,26,28,31H,16-18H2,1-10H3,(H,40,45)(H,41,46)(H,36,38,39)/t22-,23-,26+,28-,31+,34?,52?,53?/m0/s1. The second kappa shape index (κ2) is 17.4. The molecule has 19 heteroatoms. The Hall–Kier alpha value is -3.30. The number of alkyl halides is 1. The van der Waals surface area contributed by atoms with Crippen molar-refractivity contribution in [1.82, 2.24) is 29.7 Å². The molecule has 1 aliphatic rings. The number of nitrogens with zero attached hydrogens (tertiary/aromatic N) is 4. The van der Waals surface area contributed by atoms with Crippen molar-refractivity contribution in [3.8, 4) is 0 Å². The van der Waals surface area contributed by atoms with E-state index in [9.17, 15) is 18.7 Å². The Labute approximate surface area is 309 Å². The summed E-state index contributed by atoms with van der Waals surface area (Å²) in [6, 6.07) is 7.75. The number of rotatable bonds is 18. The van der Waals surface area contributed by atoms with Gasteiger partial charge < -0.3 is 28.6 Å². The highest BCUT2D eigenvalue weighted by atomic mass is 31.2. The molecule has 8 atom stereocenters. The molecule has 3 unspecified atom stereocenters. The van der Waals surface area contributed by atoms with Crippen molar-refractivity contribution in [3.63, 3.8) is 0 Å². The zero-order valence-corrected chi connectivity index (χ0v) is 33.7. The van der Waals surface area contributed by atoms with Crippen LogP contribution in [0.2, 0.25) is 0 Å². The first-order valence-corrected chi connectivity index (χ1v) is 21.5. The van der Waals surface area contributed by atoms with E-state index in [2.05, 4.69) is 30.4 Å². The van der Waals surface area contributed by atoms with Crippen molar-refractivity contribution in [2.45, 2.75) is 105 Å². The van der Waals surface area contributed by atoms with E-state index in [4.69, 9.17) is 23.3 Å². The first kappa shape index (κ1) is 42.4. The smallest absolute Gasteiger partial charge is 0.323 e. The number of halogens is 1. The Kier molecular flexibility index (Phi) is 14.0. The van der Waals surface area contributed by atoms with Crippen LogP contribution in [0.3, 0.4) is 0 Å². The van der Waals surface area contributed by atoms with Crippen LogP contribution in [0.4, 0.5) is 10.2 Å². The summed E-state index contributed by atoms with van der Waals surface area (Å²) in [6.07, 6.45) is -3.66. The van der Waals surface area contributed by atoms with E-state index in [0.717, 1.165) is 5.56 Å². The van der Waals surface area contributed by atoms with Crippen molar-refractivity contribution in [2.75, 3.05) is 31.9 Å². The predicted molar refractivity (Wildman–Crippen MR) is 197 cm³/mol. The normalized spacial score (nSPS) is 23.8. The molecule has 3 N–H and O–H groups in total. The van der Waals surface area contributed by atoms with E-state index in [1.54, 1.807) is 34.6 Å². The average molecular weight is 784 g/mol. The molecule has 0 bridgehead atoms. The minimum absolute atomic E-state index is 0.297. The number of carbonyl (C=O) groups is 2. The lowest BCUT2D eigenvalue weighted by atomic mass is 9.82. The SMILES string of the molecule is Cc1nc(NCc2ccccc2)c2ncn([C@@H]3O[C@H](COP(C)(=O)N[C@@H](C)C(=O)OC(C)C)C(C)(COP(C)(=O)N[C@@H](C)C(=O)OC(C)C)[C@H]3F)c2n1. The number of hydrogen-bond acceptors (Lipinski definition) is 13. The third-order valence-electron chi connectivity index (χ3n) is 8.39. The number of benzene rings is 1. The fourth-order valence-corrected chi connectivity index (χ4v) is 8.36. The number of esters is 2. The topological polar surface area (TPSA) is 194 Å². The summed E-state index contributed by atoms with van der Waals surface area (Å²) < 4.78 is 73.9. The maximum atomic E-state index is 17.0. The molecule has 4 rings (SSSR count). The lowest BCUT2D eigenvalue weighted by molar-refractivity contribution is -0.149. The molecule has 1 aliphatic heterocycles. The highest BCUT2D eigenvalue weighted by Gasteiger charge is 2.56. The van der Waals surface area contributed by atoms with E-state index in [1.165, 1.54) is 45.0 Å². The third kappa shape index (κ3) is 11.1. The quantitative estimate of drug-likeness (QED) is 0.108. The first-order valence-electron chi connectivity index (χ1n) is 17.4. The van der Waals surface area contributed by atoms with E-state index >= 15 is 4.39 Å². The van der Waals surface area contributed by atoms with Crippen molar-refractivity contribution < 1.29 is 46.4 Å². The number of ether oxygens (including phenoxy) is 3. The van der Waals surface area contributed by atoms with Gasteiger partial charge in [0.2, 0.25) is 0 Å². The first-order chi connectivity index (χ1) is 24.7. The molecule has 1 aromatic carbocycles. The fourth-order valence-electron chi connectivity index (χ4n) is 5.65. The molecule has 2 aromatic heterocycles. The third-order valence-corrected chi connectivity index (χ3v) is 11.4. The summed E-state index contributed by atoms with van der Waals surface area (Å²) >= 11 is 0. The number of carbonyl (C=O) groups excluding carboxylic acids is 2. The molecule has 294 valence electrons. The van der Waals surface area contributed by atoms with Crippen LogP contribution in [0.5, 0.6) is 0 Å². The molecule has 0 amide bonds. The van der Waals surface area contributed by atoms with Gasteiger partial charge in [-0.05, 0) is 54.0 Å². The number of nitrogens with one attached hydrogen (secondary N) is 3. The lowest BCUT2D eigenvalue weighted by Gasteiger charge is -2.33. The summed E-state index contributed by atoms with van der Waals surface area (Å²) in [5.74, 6) is -0.402. The van der Waals surface area contributed by atoms with Gasteiger partial charge in [-0.3, -0.25) is 23.3 Å². The van der Waals surface area contributed by atoms with Crippen LogP contribution in [0.15, 0.2) is 36.7 Å². The summed E-state index contributed by atoms with van der Waals surface area (Å²) in [5, 5.41) is 8.61. The molecular formula is C34H52FN7O9P2. The van der Waals surface area contributed by atoms with Crippen LogP contribution < -0.4 is 15.5 Å². The van der Waals surface area contributed by atoms with Gasteiger partial charge in [-0.25, -0.2) is 29.5 Å². The van der Waals surface area contributed by atoms with Gasteiger partial charge in [0.15, 0.2) is 29.4 Å². The lowest BCUT2D eigenvalue weighted by Crippen LogP contribution is -2.43. The summed E-state index contributed by atoms with van der Waals surface area (Å²) in [7, 11) is -7.43. The zero-order valence-electron chi connectivity index (χ0n) is 31.9. The number of aryl methyl sites for hydroxylation is 1. The van der Waals surface area contributed by atoms with E-state index in [-0.39, 0.29) is 12.2 Å². The maximum absolute atomic E-state index is 17.0. The minimum atomic E-state index is -3.73. The Morgan fingerprint density at radius 1 is 0.943 bits per heavy atom. The Bertz CT molecular complexity index is 1830. The predicted octanol–water partition coefficient (Wildman–Crippen LogP) is 5.53. The van der Waals surface area contributed by atoms with Crippen LogP contribution in [-0.2, 0) is 48.5 Å². The van der Waals surface area contributed by atoms with Crippen molar-refractivity contribution in [2.24, 2.45) is 5.41 Å². The van der Waals surface area contributed by atoms with Gasteiger partial charge in [-0.15, -0.1) is 0 Å². The van der Waals surface area contributed by atoms with Gasteiger partial charge in [0, 0.05) is 19.9 Å². The molecule has 0 saturated carbocycles. The second-order valence-corrected chi connectivity index (χ2v) is 18.6. The molecule has 0 aliphatic carbocycles. The molecule has 16 nitrogen and oxygen atoms in total. The Morgan fingerprint density at radius 2 is 1.51 bits per heavy atom. The van der Waals surface area contributed by atoms with Crippen LogP contribution in [0, 0.1) is 12.3 Å². The van der Waals surface area contributed by atoms with Gasteiger partial charge in [0.1, 0.15) is 17.9 Å². The van der Waals surface area contributed by atoms with Crippen LogP contribution >= 0.6 is 15.0 Å². The molecule has 1 fully saturated rings. The summed E-state index contributed by atoms with van der Waals surface area (Å²) in [6.45, 7) is 15.1. The molecule has 1 saturated heterocycles. The van der Waals surface area contributed by atoms with Gasteiger partial charge in [0.25, 0.3) is 15.0 Å². The number of anilines is 1. The van der Waals surface area contributed by atoms with Crippen molar-refractivity contribution in [3.05, 3.63) is 48.0 Å².